The molecular weight excluding hydrogens is 254 g/mol. The summed E-state index contributed by atoms with van der Waals surface area (Å²) in [6, 6.07) is -0.659. The molecule has 0 spiro atoms. The number of nitrogens with zero attached hydrogens (tertiary/aromatic N) is 2. The van der Waals surface area contributed by atoms with Crippen LogP contribution in [-0.4, -0.2) is 57.5 Å². The number of H-pyrrole nitrogens is 1. The summed E-state index contributed by atoms with van der Waals surface area (Å²) in [5, 5.41) is 11.1. The number of carboxylic acids is 1. The van der Waals surface area contributed by atoms with Crippen LogP contribution < -0.4 is 11.1 Å². The molecule has 0 saturated heterocycles. The normalized spacial score (nSPS) is 9.89. The molecule has 1 heterocycles. The molecule has 1 rings (SSSR count). The number of urea groups is 1. The van der Waals surface area contributed by atoms with Crippen molar-refractivity contribution in [1.29, 1.82) is 0 Å². The van der Waals surface area contributed by atoms with Crippen LogP contribution in [0, 0.1) is 0 Å². The monoisotopic (exact) mass is 269 g/mol. The molecule has 1 aromatic rings. The fourth-order valence-corrected chi connectivity index (χ4v) is 1.39. The largest absolute Gasteiger partial charge is 0.480 e. The number of aromatic amines is 1. The number of amides is 3. The van der Waals surface area contributed by atoms with E-state index in [4.69, 9.17) is 10.8 Å². The van der Waals surface area contributed by atoms with Gasteiger partial charge >= 0.3 is 12.0 Å². The Labute approximate surface area is 108 Å². The van der Waals surface area contributed by atoms with Crippen molar-refractivity contribution in [3.05, 3.63) is 18.2 Å². The van der Waals surface area contributed by atoms with Gasteiger partial charge in [0, 0.05) is 25.4 Å². The molecule has 0 bridgehead atoms. The van der Waals surface area contributed by atoms with Crippen molar-refractivity contribution in [2.75, 3.05) is 19.6 Å². The van der Waals surface area contributed by atoms with E-state index in [0.29, 0.717) is 12.2 Å². The molecule has 0 aliphatic heterocycles. The van der Waals surface area contributed by atoms with Crippen molar-refractivity contribution in [2.24, 2.45) is 5.73 Å². The Hall–Kier alpha value is -2.58. The molecule has 0 saturated carbocycles. The molecule has 1 aromatic heterocycles. The SMILES string of the molecule is NC(=O)CN(CC(=O)O)C(=O)NCCc1ncc[nH]1. The fourth-order valence-electron chi connectivity index (χ4n) is 1.39. The maximum absolute atomic E-state index is 11.7. The van der Waals surface area contributed by atoms with Crippen LogP contribution in [0.2, 0.25) is 0 Å². The highest BCUT2D eigenvalue weighted by Gasteiger charge is 2.18. The molecule has 19 heavy (non-hydrogen) atoms. The Kier molecular flexibility index (Phi) is 5.33. The van der Waals surface area contributed by atoms with Crippen molar-refractivity contribution in [1.82, 2.24) is 20.2 Å². The number of aromatic nitrogens is 2. The molecule has 9 heteroatoms. The zero-order valence-corrected chi connectivity index (χ0v) is 10.1. The number of rotatable bonds is 7. The van der Waals surface area contributed by atoms with Gasteiger partial charge in [-0.15, -0.1) is 0 Å². The first-order valence-corrected chi connectivity index (χ1v) is 5.50. The third-order valence-electron chi connectivity index (χ3n) is 2.15. The number of nitrogens with two attached hydrogens (primary N) is 1. The summed E-state index contributed by atoms with van der Waals surface area (Å²) < 4.78 is 0. The quantitative estimate of drug-likeness (QED) is 0.478. The molecule has 0 radical (unpaired) electrons. The third kappa shape index (κ3) is 5.52. The minimum absolute atomic E-state index is 0.265. The highest BCUT2D eigenvalue weighted by Crippen LogP contribution is 1.92. The van der Waals surface area contributed by atoms with Gasteiger partial charge in [-0.25, -0.2) is 9.78 Å². The average Bonchev–Trinajstić information content (AvgIpc) is 2.79. The highest BCUT2D eigenvalue weighted by molar-refractivity contribution is 5.85. The number of primary amides is 1. The van der Waals surface area contributed by atoms with Crippen LogP contribution >= 0.6 is 0 Å². The minimum atomic E-state index is -1.22. The fraction of sp³-hybridized carbons (Fsp3) is 0.400. The summed E-state index contributed by atoms with van der Waals surface area (Å²) in [4.78, 5) is 40.6. The average molecular weight is 269 g/mol. The van der Waals surface area contributed by atoms with Crippen LogP contribution in [0.4, 0.5) is 4.79 Å². The van der Waals surface area contributed by atoms with Gasteiger partial charge in [-0.2, -0.15) is 0 Å². The lowest BCUT2D eigenvalue weighted by Crippen LogP contribution is -2.47. The Balaban J connectivity index is 2.42. The van der Waals surface area contributed by atoms with E-state index in [1.807, 2.05) is 0 Å². The summed E-state index contributed by atoms with van der Waals surface area (Å²) in [6.07, 6.45) is 3.71. The Morgan fingerprint density at radius 1 is 1.42 bits per heavy atom. The van der Waals surface area contributed by atoms with Gasteiger partial charge in [-0.1, -0.05) is 0 Å². The van der Waals surface area contributed by atoms with Gasteiger partial charge in [0.15, 0.2) is 0 Å². The molecule has 3 amide bonds. The maximum atomic E-state index is 11.7. The van der Waals surface area contributed by atoms with Gasteiger partial charge in [0.2, 0.25) is 5.91 Å². The van der Waals surface area contributed by atoms with Crippen LogP contribution in [0.5, 0.6) is 0 Å². The molecule has 0 aliphatic carbocycles. The number of hydrogen-bond donors (Lipinski definition) is 4. The van der Waals surface area contributed by atoms with E-state index in [1.54, 1.807) is 12.4 Å². The Morgan fingerprint density at radius 2 is 2.16 bits per heavy atom. The Morgan fingerprint density at radius 3 is 2.68 bits per heavy atom. The van der Waals surface area contributed by atoms with Crippen LogP contribution in [0.3, 0.4) is 0 Å². The number of carbonyl (C=O) groups excluding carboxylic acids is 2. The molecule has 0 unspecified atom stereocenters. The molecule has 5 N–H and O–H groups in total. The van der Waals surface area contributed by atoms with Crippen molar-refractivity contribution >= 4 is 17.9 Å². The zero-order chi connectivity index (χ0) is 14.3. The number of carbonyl (C=O) groups is 3. The van der Waals surface area contributed by atoms with Crippen LogP contribution in [0.1, 0.15) is 5.82 Å². The topological polar surface area (TPSA) is 141 Å². The summed E-state index contributed by atoms with van der Waals surface area (Å²) >= 11 is 0. The summed E-state index contributed by atoms with van der Waals surface area (Å²) in [5.41, 5.74) is 4.94. The molecule has 0 aliphatic rings. The molecular formula is C10H15N5O4. The maximum Gasteiger partial charge on any atom is 0.323 e. The number of aliphatic carboxylic acids is 1. The molecule has 0 fully saturated rings. The van der Waals surface area contributed by atoms with Crippen molar-refractivity contribution in [3.8, 4) is 0 Å². The van der Waals surface area contributed by atoms with Crippen molar-refractivity contribution in [3.63, 3.8) is 0 Å². The smallest absolute Gasteiger partial charge is 0.323 e. The molecule has 0 aromatic carbocycles. The summed E-state index contributed by atoms with van der Waals surface area (Å²) in [6.45, 7) is -0.768. The standard InChI is InChI=1S/C10H15N5O4/c11-7(16)5-15(6-9(17)18)10(19)14-2-1-8-12-3-4-13-8/h3-4H,1-2,5-6H2,(H2,11,16)(H,12,13)(H,14,19)(H,17,18). The minimum Gasteiger partial charge on any atom is -0.480 e. The number of nitrogens with one attached hydrogen (secondary N) is 2. The Bertz CT molecular complexity index is 429. The second-order valence-corrected chi connectivity index (χ2v) is 3.73. The molecule has 104 valence electrons. The summed E-state index contributed by atoms with van der Waals surface area (Å²) in [7, 11) is 0. The van der Waals surface area contributed by atoms with E-state index in [9.17, 15) is 14.4 Å². The molecule has 0 atom stereocenters. The van der Waals surface area contributed by atoms with Gasteiger partial charge in [-0.05, 0) is 0 Å². The predicted molar refractivity (Wildman–Crippen MR) is 64.1 cm³/mol. The first-order valence-electron chi connectivity index (χ1n) is 5.50. The number of carboxylic acid groups (broad SMARTS) is 1. The highest BCUT2D eigenvalue weighted by atomic mass is 16.4. The lowest BCUT2D eigenvalue weighted by Gasteiger charge is -2.19. The van der Waals surface area contributed by atoms with E-state index >= 15 is 0 Å². The first-order chi connectivity index (χ1) is 8.99. The van der Waals surface area contributed by atoms with Crippen LogP contribution in [-0.2, 0) is 16.0 Å². The number of hydrogen-bond acceptors (Lipinski definition) is 4. The number of imidazole rings is 1. The molecule has 9 nitrogen and oxygen atoms in total. The van der Waals surface area contributed by atoms with E-state index in [0.717, 1.165) is 4.90 Å². The van der Waals surface area contributed by atoms with Gasteiger partial charge < -0.3 is 26.0 Å². The third-order valence-corrected chi connectivity index (χ3v) is 2.15. The van der Waals surface area contributed by atoms with Gasteiger partial charge in [0.25, 0.3) is 0 Å². The van der Waals surface area contributed by atoms with E-state index in [1.165, 1.54) is 0 Å². The van der Waals surface area contributed by atoms with Gasteiger partial charge in [0.1, 0.15) is 18.9 Å². The predicted octanol–water partition coefficient (Wildman–Crippen LogP) is -1.47. The van der Waals surface area contributed by atoms with Gasteiger partial charge in [0.05, 0.1) is 0 Å². The lowest BCUT2D eigenvalue weighted by molar-refractivity contribution is -0.137. The summed E-state index contributed by atoms with van der Waals surface area (Å²) in [5.74, 6) is -1.30. The first kappa shape index (κ1) is 14.5. The lowest BCUT2D eigenvalue weighted by atomic mass is 10.4. The van der Waals surface area contributed by atoms with Crippen molar-refractivity contribution in [2.45, 2.75) is 6.42 Å². The zero-order valence-electron chi connectivity index (χ0n) is 10.1. The van der Waals surface area contributed by atoms with Gasteiger partial charge in [-0.3, -0.25) is 9.59 Å². The second kappa shape index (κ2) is 6.99. The van der Waals surface area contributed by atoms with Crippen LogP contribution in [0.25, 0.3) is 0 Å². The van der Waals surface area contributed by atoms with Crippen molar-refractivity contribution < 1.29 is 19.5 Å². The second-order valence-electron chi connectivity index (χ2n) is 3.73. The van der Waals surface area contributed by atoms with E-state index in [-0.39, 0.29) is 6.54 Å². The van der Waals surface area contributed by atoms with Crippen LogP contribution in [0.15, 0.2) is 12.4 Å². The van der Waals surface area contributed by atoms with E-state index < -0.39 is 31.0 Å². The van der Waals surface area contributed by atoms with E-state index in [2.05, 4.69) is 15.3 Å².